The van der Waals surface area contributed by atoms with Gasteiger partial charge in [-0.05, 0) is 29.5 Å². The van der Waals surface area contributed by atoms with Crippen LogP contribution in [0.2, 0.25) is 0 Å². The largest absolute Gasteiger partial charge is 0.383 e. The molecule has 0 aliphatic carbocycles. The number of thiophene rings is 1. The Balaban J connectivity index is 1.90. The van der Waals surface area contributed by atoms with E-state index < -0.39 is 0 Å². The van der Waals surface area contributed by atoms with Crippen LogP contribution in [0.3, 0.4) is 0 Å². The number of nitrogens with two attached hydrogens (primary N) is 1. The molecule has 3 aromatic heterocycles. The third kappa shape index (κ3) is 3.34. The van der Waals surface area contributed by atoms with Crippen LogP contribution in [0.15, 0.2) is 46.9 Å². The molecule has 0 saturated heterocycles. The molecule has 4 rings (SSSR count). The zero-order valence-electron chi connectivity index (χ0n) is 15.6. The van der Waals surface area contributed by atoms with Gasteiger partial charge in [-0.15, -0.1) is 11.3 Å². The van der Waals surface area contributed by atoms with E-state index >= 15 is 0 Å². The third-order valence-corrected chi connectivity index (χ3v) is 5.02. The van der Waals surface area contributed by atoms with Crippen molar-refractivity contribution in [1.29, 1.82) is 0 Å². The van der Waals surface area contributed by atoms with E-state index in [-0.39, 0.29) is 11.7 Å². The molecule has 0 spiro atoms. The van der Waals surface area contributed by atoms with Crippen LogP contribution in [-0.4, -0.2) is 33.3 Å². The van der Waals surface area contributed by atoms with Crippen molar-refractivity contribution in [3.63, 3.8) is 0 Å². The topological polar surface area (TPSA) is 98.2 Å². The first-order chi connectivity index (χ1) is 13.5. The molecular weight excluding hydrogens is 372 g/mol. The van der Waals surface area contributed by atoms with Gasteiger partial charge < -0.3 is 11.1 Å². The Bertz CT molecular complexity index is 1180. The second-order valence-corrected chi connectivity index (χ2v) is 7.80. The van der Waals surface area contributed by atoms with Crippen LogP contribution >= 0.6 is 11.3 Å². The number of amides is 1. The highest BCUT2D eigenvalue weighted by atomic mass is 32.1. The Morgan fingerprint density at radius 1 is 1.25 bits per heavy atom. The zero-order valence-corrected chi connectivity index (χ0v) is 16.4. The first kappa shape index (κ1) is 18.1. The van der Waals surface area contributed by atoms with Crippen molar-refractivity contribution in [2.24, 2.45) is 11.0 Å². The van der Waals surface area contributed by atoms with Gasteiger partial charge >= 0.3 is 0 Å². The molecular formula is C20H20N6OS. The molecule has 1 aromatic carbocycles. The lowest BCUT2D eigenvalue weighted by molar-refractivity contribution is 0.0951. The van der Waals surface area contributed by atoms with E-state index in [4.69, 9.17) is 5.73 Å². The summed E-state index contributed by atoms with van der Waals surface area (Å²) in [6.07, 6.45) is 1.70. The highest BCUT2D eigenvalue weighted by Crippen LogP contribution is 2.27. The number of rotatable bonds is 5. The number of benzene rings is 1. The molecule has 1 amide bonds. The van der Waals surface area contributed by atoms with Gasteiger partial charge in [-0.2, -0.15) is 9.78 Å². The standard InChI is InChI=1S/C20H20N6OS/c1-12(2)10-22-20(27)16-17-19(25-15-8-4-3-7-14(15)24-17)26(18(16)21)23-11-13-6-5-9-28-13/h3-9,11-12H,10,21H2,1-2H3,(H,22,27). The summed E-state index contributed by atoms with van der Waals surface area (Å²) in [5.74, 6) is 0.271. The maximum Gasteiger partial charge on any atom is 0.257 e. The van der Waals surface area contributed by atoms with E-state index in [0.717, 1.165) is 4.88 Å². The molecule has 8 heteroatoms. The van der Waals surface area contributed by atoms with Gasteiger partial charge in [0.05, 0.1) is 17.2 Å². The molecule has 0 aliphatic heterocycles. The van der Waals surface area contributed by atoms with Crippen molar-refractivity contribution in [2.75, 3.05) is 12.3 Å². The summed E-state index contributed by atoms with van der Waals surface area (Å²) >= 11 is 1.56. The smallest absolute Gasteiger partial charge is 0.257 e. The molecule has 3 heterocycles. The van der Waals surface area contributed by atoms with Crippen molar-refractivity contribution >= 4 is 51.5 Å². The summed E-state index contributed by atoms with van der Waals surface area (Å²) in [5, 5.41) is 9.36. The zero-order chi connectivity index (χ0) is 19.7. The summed E-state index contributed by atoms with van der Waals surface area (Å²) in [6, 6.07) is 11.4. The fourth-order valence-corrected chi connectivity index (χ4v) is 3.43. The molecule has 0 aliphatic rings. The number of carbonyl (C=O) groups is 1. The summed E-state index contributed by atoms with van der Waals surface area (Å²) in [7, 11) is 0. The van der Waals surface area contributed by atoms with Crippen LogP contribution in [0.1, 0.15) is 29.1 Å². The average Bonchev–Trinajstić information content (AvgIpc) is 3.28. The molecule has 3 N–H and O–H groups in total. The van der Waals surface area contributed by atoms with Crippen molar-refractivity contribution in [1.82, 2.24) is 20.0 Å². The van der Waals surface area contributed by atoms with Crippen LogP contribution < -0.4 is 11.1 Å². The first-order valence-electron chi connectivity index (χ1n) is 8.97. The van der Waals surface area contributed by atoms with Gasteiger partial charge in [-0.3, -0.25) is 4.79 Å². The number of fused-ring (bicyclic) bond motifs is 2. The lowest BCUT2D eigenvalue weighted by Crippen LogP contribution is -2.28. The van der Waals surface area contributed by atoms with Crippen molar-refractivity contribution < 1.29 is 4.79 Å². The monoisotopic (exact) mass is 392 g/mol. The van der Waals surface area contributed by atoms with E-state index in [9.17, 15) is 4.79 Å². The van der Waals surface area contributed by atoms with Gasteiger partial charge in [0.15, 0.2) is 5.65 Å². The quantitative estimate of drug-likeness (QED) is 0.508. The van der Waals surface area contributed by atoms with Gasteiger partial charge in [0, 0.05) is 11.4 Å². The molecule has 0 radical (unpaired) electrons. The molecule has 28 heavy (non-hydrogen) atoms. The molecule has 0 atom stereocenters. The Kier molecular flexibility index (Phi) is 4.79. The number of nitrogens with one attached hydrogen (secondary N) is 1. The van der Waals surface area contributed by atoms with Crippen molar-refractivity contribution in [3.05, 3.63) is 52.2 Å². The molecule has 4 aromatic rings. The molecule has 0 fully saturated rings. The number of aromatic nitrogens is 3. The van der Waals surface area contributed by atoms with Gasteiger partial charge in [-0.1, -0.05) is 32.0 Å². The van der Waals surface area contributed by atoms with Crippen LogP contribution in [-0.2, 0) is 0 Å². The Morgan fingerprint density at radius 2 is 2.00 bits per heavy atom. The van der Waals surface area contributed by atoms with Crippen LogP contribution in [0.4, 0.5) is 5.82 Å². The molecule has 0 bridgehead atoms. The Morgan fingerprint density at radius 3 is 2.68 bits per heavy atom. The fraction of sp³-hybridized carbons (Fsp3) is 0.200. The number of hydrogen-bond donors (Lipinski definition) is 2. The summed E-state index contributed by atoms with van der Waals surface area (Å²) in [5.41, 5.74) is 8.96. The minimum atomic E-state index is -0.272. The number of para-hydroxylation sites is 2. The lowest BCUT2D eigenvalue weighted by atomic mass is 10.2. The van der Waals surface area contributed by atoms with E-state index in [1.54, 1.807) is 17.6 Å². The van der Waals surface area contributed by atoms with E-state index in [1.165, 1.54) is 4.68 Å². The molecule has 7 nitrogen and oxygen atoms in total. The number of hydrogen-bond acceptors (Lipinski definition) is 6. The predicted octanol–water partition coefficient (Wildman–Crippen LogP) is 3.50. The van der Waals surface area contributed by atoms with Crippen LogP contribution in [0, 0.1) is 5.92 Å². The molecule has 142 valence electrons. The number of anilines is 1. The maximum atomic E-state index is 12.8. The van der Waals surface area contributed by atoms with E-state index in [1.807, 2.05) is 55.6 Å². The minimum absolute atomic E-state index is 0.222. The SMILES string of the molecule is CC(C)CNC(=O)c1c(N)n(N=Cc2cccs2)c2nc3ccccc3nc12. The summed E-state index contributed by atoms with van der Waals surface area (Å²) in [4.78, 5) is 23.1. The normalized spacial score (nSPS) is 11.8. The van der Waals surface area contributed by atoms with Crippen LogP contribution in [0.25, 0.3) is 22.2 Å². The Labute approximate surface area is 165 Å². The van der Waals surface area contributed by atoms with Gasteiger partial charge in [0.1, 0.15) is 16.9 Å². The van der Waals surface area contributed by atoms with Crippen LogP contribution in [0.5, 0.6) is 0 Å². The van der Waals surface area contributed by atoms with Crippen molar-refractivity contribution in [3.8, 4) is 0 Å². The number of nitrogen functional groups attached to an aromatic ring is 1. The summed E-state index contributed by atoms with van der Waals surface area (Å²) in [6.45, 7) is 4.61. The molecule has 0 unspecified atom stereocenters. The second-order valence-electron chi connectivity index (χ2n) is 6.82. The average molecular weight is 392 g/mol. The third-order valence-electron chi connectivity index (χ3n) is 4.22. The van der Waals surface area contributed by atoms with Gasteiger partial charge in [-0.25, -0.2) is 9.97 Å². The highest BCUT2D eigenvalue weighted by Gasteiger charge is 2.24. The van der Waals surface area contributed by atoms with Crippen molar-refractivity contribution in [2.45, 2.75) is 13.8 Å². The lowest BCUT2D eigenvalue weighted by Gasteiger charge is -2.07. The Hall–Kier alpha value is -3.26. The molecule has 0 saturated carbocycles. The highest BCUT2D eigenvalue weighted by molar-refractivity contribution is 7.11. The second kappa shape index (κ2) is 7.40. The number of carbonyl (C=O) groups excluding carboxylic acids is 1. The maximum absolute atomic E-state index is 12.8. The predicted molar refractivity (Wildman–Crippen MR) is 114 cm³/mol. The number of nitrogens with zero attached hydrogens (tertiary/aromatic N) is 4. The first-order valence-corrected chi connectivity index (χ1v) is 9.85. The van der Waals surface area contributed by atoms with Gasteiger partial charge in [0.25, 0.3) is 5.91 Å². The van der Waals surface area contributed by atoms with E-state index in [2.05, 4.69) is 20.4 Å². The summed E-state index contributed by atoms with van der Waals surface area (Å²) < 4.78 is 1.48. The fourth-order valence-electron chi connectivity index (χ4n) is 2.85. The van der Waals surface area contributed by atoms with E-state index in [0.29, 0.717) is 40.2 Å². The van der Waals surface area contributed by atoms with Gasteiger partial charge in [0.2, 0.25) is 0 Å². The minimum Gasteiger partial charge on any atom is -0.383 e.